The summed E-state index contributed by atoms with van der Waals surface area (Å²) in [6, 6.07) is 4.89. The van der Waals surface area contributed by atoms with Gasteiger partial charge in [-0.2, -0.15) is 0 Å². The minimum absolute atomic E-state index is 0.190. The first-order valence-corrected chi connectivity index (χ1v) is 7.06. The van der Waals surface area contributed by atoms with Gasteiger partial charge in [-0.1, -0.05) is 44.9 Å². The maximum atomic E-state index is 13.7. The molecule has 0 aliphatic heterocycles. The van der Waals surface area contributed by atoms with E-state index in [1.807, 2.05) is 0 Å². The molecule has 0 heterocycles. The Morgan fingerprint density at radius 2 is 2.00 bits per heavy atom. The summed E-state index contributed by atoms with van der Waals surface area (Å²) in [5.74, 6) is 0.877. The van der Waals surface area contributed by atoms with Crippen molar-refractivity contribution in [1.82, 2.24) is 5.32 Å². The van der Waals surface area contributed by atoms with Gasteiger partial charge in [0.2, 0.25) is 0 Å². The lowest BCUT2D eigenvalue weighted by Crippen LogP contribution is -2.27. The van der Waals surface area contributed by atoms with E-state index in [1.165, 1.54) is 6.07 Å². The van der Waals surface area contributed by atoms with Crippen LogP contribution < -0.4 is 5.32 Å². The van der Waals surface area contributed by atoms with Gasteiger partial charge in [0.1, 0.15) is 5.82 Å². The van der Waals surface area contributed by atoms with Crippen LogP contribution in [-0.2, 0) is 6.42 Å². The minimum atomic E-state index is -0.190. The van der Waals surface area contributed by atoms with Gasteiger partial charge in [0.15, 0.2) is 0 Å². The highest BCUT2D eigenvalue weighted by Gasteiger charge is 2.13. The first-order chi connectivity index (χ1) is 8.54. The smallest absolute Gasteiger partial charge is 0.127 e. The van der Waals surface area contributed by atoms with Crippen molar-refractivity contribution in [3.8, 4) is 0 Å². The maximum Gasteiger partial charge on any atom is 0.127 e. The summed E-state index contributed by atoms with van der Waals surface area (Å²) in [7, 11) is 0. The van der Waals surface area contributed by atoms with Gasteiger partial charge in [-0.15, -0.1) is 0 Å². The molecule has 0 saturated carbocycles. The zero-order valence-electron chi connectivity index (χ0n) is 11.5. The maximum absolute atomic E-state index is 13.7. The summed E-state index contributed by atoms with van der Waals surface area (Å²) in [5.41, 5.74) is 0.650. The van der Waals surface area contributed by atoms with Crippen LogP contribution in [0.1, 0.15) is 32.8 Å². The number of hydrogen-bond acceptors (Lipinski definition) is 1. The van der Waals surface area contributed by atoms with E-state index in [9.17, 15) is 4.39 Å². The van der Waals surface area contributed by atoms with E-state index in [-0.39, 0.29) is 5.82 Å². The molecule has 0 amide bonds. The quantitative estimate of drug-likeness (QED) is 0.780. The second-order valence-electron chi connectivity index (χ2n) is 5.23. The van der Waals surface area contributed by atoms with Crippen molar-refractivity contribution in [2.75, 3.05) is 13.1 Å². The van der Waals surface area contributed by atoms with E-state index >= 15 is 0 Å². The third-order valence-electron chi connectivity index (χ3n) is 3.12. The number of rotatable bonds is 7. The van der Waals surface area contributed by atoms with Crippen molar-refractivity contribution in [2.24, 2.45) is 11.8 Å². The fraction of sp³-hybridized carbons (Fsp3) is 0.600. The predicted octanol–water partition coefficient (Wildman–Crippen LogP) is 4.29. The van der Waals surface area contributed by atoms with Gasteiger partial charge < -0.3 is 5.32 Å². The summed E-state index contributed by atoms with van der Waals surface area (Å²) in [4.78, 5) is 0. The molecular weight excluding hydrogens is 249 g/mol. The third-order valence-corrected chi connectivity index (χ3v) is 3.47. The van der Waals surface area contributed by atoms with Gasteiger partial charge in [0.05, 0.1) is 0 Å². The monoisotopic (exact) mass is 271 g/mol. The molecule has 18 heavy (non-hydrogen) atoms. The van der Waals surface area contributed by atoms with Gasteiger partial charge in [0.25, 0.3) is 0 Å². The second-order valence-corrected chi connectivity index (χ2v) is 5.64. The van der Waals surface area contributed by atoms with E-state index in [0.29, 0.717) is 28.8 Å². The van der Waals surface area contributed by atoms with Crippen molar-refractivity contribution in [1.29, 1.82) is 0 Å². The average Bonchev–Trinajstić information content (AvgIpc) is 2.31. The number of hydrogen-bond donors (Lipinski definition) is 1. The molecular formula is C15H23ClFN. The van der Waals surface area contributed by atoms with Crippen molar-refractivity contribution in [2.45, 2.75) is 33.6 Å². The first kappa shape index (κ1) is 15.5. The van der Waals surface area contributed by atoms with Crippen molar-refractivity contribution >= 4 is 11.6 Å². The highest BCUT2D eigenvalue weighted by atomic mass is 35.5. The van der Waals surface area contributed by atoms with Crippen molar-refractivity contribution in [3.63, 3.8) is 0 Å². The zero-order chi connectivity index (χ0) is 13.5. The van der Waals surface area contributed by atoms with E-state index in [0.717, 1.165) is 19.5 Å². The van der Waals surface area contributed by atoms with Crippen LogP contribution in [0.25, 0.3) is 0 Å². The molecule has 1 nitrogen and oxygen atoms in total. The van der Waals surface area contributed by atoms with Crippen LogP contribution in [0.5, 0.6) is 0 Å². The molecule has 1 aromatic rings. The van der Waals surface area contributed by atoms with Crippen LogP contribution in [0, 0.1) is 17.7 Å². The summed E-state index contributed by atoms with van der Waals surface area (Å²) >= 11 is 6.05. The predicted molar refractivity (Wildman–Crippen MR) is 76.6 cm³/mol. The Labute approximate surface area is 115 Å². The SMILES string of the molecule is CCC(CNCC(C)C)Cc1c(F)cccc1Cl. The molecule has 0 radical (unpaired) electrons. The van der Waals surface area contributed by atoms with E-state index < -0.39 is 0 Å². The lowest BCUT2D eigenvalue weighted by Gasteiger charge is -2.18. The number of nitrogens with one attached hydrogen (secondary N) is 1. The Morgan fingerprint density at radius 3 is 2.56 bits per heavy atom. The lowest BCUT2D eigenvalue weighted by molar-refractivity contribution is 0.431. The number of halogens is 2. The molecule has 0 bridgehead atoms. The second kappa shape index (κ2) is 7.75. The van der Waals surface area contributed by atoms with Gasteiger partial charge in [-0.05, 0) is 43.5 Å². The van der Waals surface area contributed by atoms with Gasteiger partial charge >= 0.3 is 0 Å². The molecule has 0 aliphatic carbocycles. The van der Waals surface area contributed by atoms with Gasteiger partial charge in [-0.25, -0.2) is 4.39 Å². The fourth-order valence-corrected chi connectivity index (χ4v) is 2.19. The summed E-state index contributed by atoms with van der Waals surface area (Å²) in [6.07, 6.45) is 1.73. The lowest BCUT2D eigenvalue weighted by atomic mass is 9.96. The molecule has 1 aromatic carbocycles. The molecule has 1 atom stereocenters. The molecule has 0 saturated heterocycles. The topological polar surface area (TPSA) is 12.0 Å². The standard InChI is InChI=1S/C15H23ClFN/c1-4-12(10-18-9-11(2)3)8-13-14(16)6-5-7-15(13)17/h5-7,11-12,18H,4,8-10H2,1-3H3. The minimum Gasteiger partial charge on any atom is -0.316 e. The van der Waals surface area contributed by atoms with E-state index in [4.69, 9.17) is 11.6 Å². The fourth-order valence-electron chi connectivity index (χ4n) is 1.95. The molecule has 3 heteroatoms. The van der Waals surface area contributed by atoms with Crippen molar-refractivity contribution < 1.29 is 4.39 Å². The van der Waals surface area contributed by atoms with Crippen LogP contribution in [0.2, 0.25) is 5.02 Å². The molecule has 0 fully saturated rings. The average molecular weight is 272 g/mol. The number of benzene rings is 1. The van der Waals surface area contributed by atoms with Crippen LogP contribution >= 0.6 is 11.6 Å². The third kappa shape index (κ3) is 4.95. The zero-order valence-corrected chi connectivity index (χ0v) is 12.2. The summed E-state index contributed by atoms with van der Waals surface area (Å²) in [6.45, 7) is 8.42. The highest BCUT2D eigenvalue weighted by molar-refractivity contribution is 6.31. The Kier molecular flexibility index (Phi) is 6.66. The first-order valence-electron chi connectivity index (χ1n) is 6.68. The van der Waals surface area contributed by atoms with Crippen LogP contribution in [0.3, 0.4) is 0 Å². The van der Waals surface area contributed by atoms with Crippen LogP contribution in [0.4, 0.5) is 4.39 Å². The van der Waals surface area contributed by atoms with Crippen LogP contribution in [-0.4, -0.2) is 13.1 Å². The summed E-state index contributed by atoms with van der Waals surface area (Å²) < 4.78 is 13.7. The van der Waals surface area contributed by atoms with Crippen molar-refractivity contribution in [3.05, 3.63) is 34.6 Å². The van der Waals surface area contributed by atoms with E-state index in [1.54, 1.807) is 12.1 Å². The Morgan fingerprint density at radius 1 is 1.28 bits per heavy atom. The van der Waals surface area contributed by atoms with Crippen LogP contribution in [0.15, 0.2) is 18.2 Å². The Bertz CT molecular complexity index is 345. The van der Waals surface area contributed by atoms with Gasteiger partial charge in [0, 0.05) is 10.6 Å². The van der Waals surface area contributed by atoms with Gasteiger partial charge in [-0.3, -0.25) is 0 Å². The Hall–Kier alpha value is -0.600. The molecule has 1 unspecified atom stereocenters. The largest absolute Gasteiger partial charge is 0.316 e. The Balaban J connectivity index is 2.57. The highest BCUT2D eigenvalue weighted by Crippen LogP contribution is 2.23. The summed E-state index contributed by atoms with van der Waals surface area (Å²) in [5, 5.41) is 3.97. The molecule has 0 aromatic heterocycles. The molecule has 102 valence electrons. The van der Waals surface area contributed by atoms with E-state index in [2.05, 4.69) is 26.1 Å². The molecule has 0 spiro atoms. The normalized spacial score (nSPS) is 13.0. The molecule has 1 rings (SSSR count). The molecule has 1 N–H and O–H groups in total. The molecule has 0 aliphatic rings.